The number of methoxy groups -OCH3 is 3. The molecular weight excluding hydrogens is 773 g/mol. The highest BCUT2D eigenvalue weighted by molar-refractivity contribution is 6.39. The van der Waals surface area contributed by atoms with Crippen molar-refractivity contribution in [2.24, 2.45) is 34.7 Å². The number of ketones is 1. The number of amides is 1. The van der Waals surface area contributed by atoms with Gasteiger partial charge >= 0.3 is 5.97 Å². The highest BCUT2D eigenvalue weighted by atomic mass is 16.7. The predicted octanol–water partition coefficient (Wildman–Crippen LogP) is 5.93. The largest absolute Gasteiger partial charge is 0.456 e. The van der Waals surface area contributed by atoms with E-state index in [9.17, 15) is 29.7 Å². The molecule has 0 spiro atoms. The summed E-state index contributed by atoms with van der Waals surface area (Å²) in [6.45, 7) is 13.9. The van der Waals surface area contributed by atoms with E-state index in [4.69, 9.17) is 28.5 Å². The average molecular weight is 851 g/mol. The van der Waals surface area contributed by atoms with Crippen molar-refractivity contribution in [2.75, 3.05) is 34.5 Å². The van der Waals surface area contributed by atoms with Crippen LogP contribution in [0.4, 0.5) is 0 Å². The normalized spacial score (nSPS) is 40.0. The van der Waals surface area contributed by atoms with Gasteiger partial charge in [0.05, 0.1) is 36.2 Å². The van der Waals surface area contributed by atoms with E-state index in [1.54, 1.807) is 28.3 Å². The zero-order valence-electron chi connectivity index (χ0n) is 37.3. The molecule has 0 aromatic rings. The van der Waals surface area contributed by atoms with E-state index in [1.165, 1.54) is 4.90 Å². The minimum absolute atomic E-state index is 0. The fourth-order valence-electron chi connectivity index (χ4n) is 9.66. The number of carbonyl (C=O) groups excluding carboxylic acids is 3. The van der Waals surface area contributed by atoms with Gasteiger partial charge in [-0.25, -0.2) is 4.79 Å². The number of oxime groups is 1. The molecule has 60 heavy (non-hydrogen) atoms. The number of ether oxygens (including phenoxy) is 5. The van der Waals surface area contributed by atoms with E-state index in [-0.39, 0.29) is 57.1 Å². The molecule has 0 aromatic heterocycles. The second kappa shape index (κ2) is 23.6. The number of hydrogen-bond acceptors (Lipinski definition) is 13. The fourth-order valence-corrected chi connectivity index (χ4v) is 9.66. The smallest absolute Gasteiger partial charge is 0.329 e. The highest BCUT2D eigenvalue weighted by Crippen LogP contribution is 2.39. The third kappa shape index (κ3) is 12.5. The van der Waals surface area contributed by atoms with Crippen LogP contribution in [0.15, 0.2) is 28.5 Å². The number of aliphatic hydroxyl groups is 3. The molecule has 3 heterocycles. The van der Waals surface area contributed by atoms with Crippen LogP contribution >= 0.6 is 0 Å². The summed E-state index contributed by atoms with van der Waals surface area (Å²) >= 11 is 0. The molecule has 0 unspecified atom stereocenters. The monoisotopic (exact) mass is 851 g/mol. The van der Waals surface area contributed by atoms with Gasteiger partial charge in [-0.2, -0.15) is 0 Å². The first-order valence-corrected chi connectivity index (χ1v) is 22.0. The summed E-state index contributed by atoms with van der Waals surface area (Å²) in [6, 6.07) is -1.11. The molecule has 2 bridgehead atoms. The standard InChI is InChI=1S/C45H74N2O12.CH4/c1-11-32-20-26(3)19-27(4)21-38(55-9)41-39(56-10)23-29(6)45(53,59-41)42(50)43(51)47-18-14-13-15-34(47)44(52)58-40(30(7)36(49)25-33(32)46-57-12-2)28(5)22-31-16-17-35(48)37(24-31)54-8;/h20,22,27,29-32,34-41,48-49,53H,11-19,21,23-25H2,1-10H3;1H4/b26-20+,28-22+,46-33-;/t27-,29+,30+,31-,32+,34-,35+,36-,37+,38-,39-,40+,41+,45+;/m0./s1. The Hall–Kier alpha value is -2.72. The number of fused-ring (bicyclic) bond motifs is 3. The molecule has 1 saturated carbocycles. The minimum Gasteiger partial charge on any atom is -0.456 e. The molecule has 3 aliphatic heterocycles. The Bertz CT molecular complexity index is 1500. The van der Waals surface area contributed by atoms with Crippen LogP contribution in [0, 0.1) is 29.6 Å². The van der Waals surface area contributed by atoms with Crippen LogP contribution in [-0.4, -0.2) is 133 Å². The van der Waals surface area contributed by atoms with Gasteiger partial charge in [0.25, 0.3) is 11.7 Å². The van der Waals surface area contributed by atoms with Crippen LogP contribution in [0.3, 0.4) is 0 Å². The number of piperidine rings is 1. The highest BCUT2D eigenvalue weighted by Gasteiger charge is 2.56. The van der Waals surface area contributed by atoms with Crippen molar-refractivity contribution < 1.29 is 58.2 Å². The Kier molecular flexibility index (Phi) is 20.3. The van der Waals surface area contributed by atoms with Crippen molar-refractivity contribution >= 4 is 23.4 Å². The summed E-state index contributed by atoms with van der Waals surface area (Å²) in [4.78, 5) is 49.9. The second-order valence-corrected chi connectivity index (χ2v) is 17.7. The number of rotatable bonds is 8. The molecule has 0 radical (unpaired) electrons. The van der Waals surface area contributed by atoms with E-state index < -0.39 is 77.9 Å². The lowest BCUT2D eigenvalue weighted by Gasteiger charge is -2.47. The number of cyclic esters (lactones) is 1. The van der Waals surface area contributed by atoms with Crippen molar-refractivity contribution in [3.63, 3.8) is 0 Å². The number of esters is 1. The Morgan fingerprint density at radius 3 is 2.23 bits per heavy atom. The molecule has 14 heteroatoms. The number of Topliss-reactive ketones (excluding diaryl/α,β-unsaturated/α-hetero) is 1. The molecular formula is C46H78N2O12. The van der Waals surface area contributed by atoms with E-state index in [0.717, 1.165) is 11.1 Å². The maximum absolute atomic E-state index is 14.4. The molecule has 3 fully saturated rings. The number of carbonyl (C=O) groups is 3. The third-order valence-corrected chi connectivity index (χ3v) is 13.2. The van der Waals surface area contributed by atoms with Gasteiger partial charge in [0.15, 0.2) is 0 Å². The molecule has 4 rings (SSSR count). The first-order chi connectivity index (χ1) is 28.0. The van der Waals surface area contributed by atoms with Crippen molar-refractivity contribution in [2.45, 2.75) is 181 Å². The molecule has 1 amide bonds. The Morgan fingerprint density at radius 2 is 1.60 bits per heavy atom. The van der Waals surface area contributed by atoms with Crippen LogP contribution in [0.25, 0.3) is 0 Å². The van der Waals surface area contributed by atoms with Crippen LogP contribution in [0.5, 0.6) is 0 Å². The van der Waals surface area contributed by atoms with Gasteiger partial charge in [-0.05, 0) is 102 Å². The molecule has 2 saturated heterocycles. The Labute approximate surface area is 359 Å². The molecule has 0 aromatic carbocycles. The summed E-state index contributed by atoms with van der Waals surface area (Å²) in [6.07, 6.45) is 4.94. The molecule has 14 nitrogen and oxygen atoms in total. The maximum Gasteiger partial charge on any atom is 0.329 e. The van der Waals surface area contributed by atoms with E-state index in [2.05, 4.69) is 32.0 Å². The summed E-state index contributed by atoms with van der Waals surface area (Å²) in [7, 11) is 4.69. The van der Waals surface area contributed by atoms with Gasteiger partial charge in [-0.3, -0.25) is 9.59 Å². The molecule has 1 aliphatic carbocycles. The van der Waals surface area contributed by atoms with Gasteiger partial charge in [-0.1, -0.05) is 58.0 Å². The van der Waals surface area contributed by atoms with E-state index in [1.807, 2.05) is 26.8 Å². The quantitative estimate of drug-likeness (QED) is 0.113. The topological polar surface area (TPSA) is 183 Å². The number of aliphatic hydroxyl groups excluding tert-OH is 2. The summed E-state index contributed by atoms with van der Waals surface area (Å²) in [5.74, 6) is -6.85. The summed E-state index contributed by atoms with van der Waals surface area (Å²) in [5, 5.41) is 39.1. The van der Waals surface area contributed by atoms with Gasteiger partial charge < -0.3 is 48.7 Å². The van der Waals surface area contributed by atoms with E-state index in [0.29, 0.717) is 63.7 Å². The van der Waals surface area contributed by atoms with Crippen LogP contribution in [0.1, 0.15) is 127 Å². The van der Waals surface area contributed by atoms with E-state index >= 15 is 0 Å². The number of hydrogen-bond donors (Lipinski definition) is 3. The Balaban J connectivity index is 0.00000961. The zero-order valence-corrected chi connectivity index (χ0v) is 37.3. The summed E-state index contributed by atoms with van der Waals surface area (Å²) < 4.78 is 30.1. The average Bonchev–Trinajstić information content (AvgIpc) is 3.22. The van der Waals surface area contributed by atoms with Gasteiger partial charge in [0, 0.05) is 52.0 Å². The van der Waals surface area contributed by atoms with Crippen LogP contribution in [-0.2, 0) is 42.9 Å². The van der Waals surface area contributed by atoms with Crippen molar-refractivity contribution in [3.05, 3.63) is 23.3 Å². The molecule has 3 N–H and O–H groups in total. The second-order valence-electron chi connectivity index (χ2n) is 17.7. The van der Waals surface area contributed by atoms with Crippen LogP contribution < -0.4 is 0 Å². The molecule has 4 aliphatic rings. The number of allylic oxidation sites excluding steroid dienone is 3. The lowest BCUT2D eigenvalue weighted by atomic mass is 9.81. The van der Waals surface area contributed by atoms with Gasteiger partial charge in [0.2, 0.25) is 5.79 Å². The maximum atomic E-state index is 14.4. The van der Waals surface area contributed by atoms with Crippen molar-refractivity contribution in [1.82, 2.24) is 4.90 Å². The lowest BCUT2D eigenvalue weighted by Crippen LogP contribution is -2.64. The lowest BCUT2D eigenvalue weighted by molar-refractivity contribution is -0.302. The van der Waals surface area contributed by atoms with Gasteiger partial charge in [0.1, 0.15) is 24.9 Å². The fraction of sp³-hybridized carbons (Fsp3) is 0.826. The number of nitrogens with zero attached hydrogens (tertiary/aromatic N) is 2. The first-order valence-electron chi connectivity index (χ1n) is 22.0. The molecule has 344 valence electrons. The Morgan fingerprint density at radius 1 is 0.933 bits per heavy atom. The summed E-state index contributed by atoms with van der Waals surface area (Å²) in [5.41, 5.74) is 2.49. The zero-order chi connectivity index (χ0) is 43.6. The SMILES string of the molecule is C.CCO/N=C1/C[C@H](O)[C@@H](C)[C@@H](/C(C)=C/[C@@H]2CC[C@@H](O)[C@H](OC)C2)OC(=O)[C@@H]2CCCCN2C(=O)C(=O)[C@]2(O)O[C@H]([C@@H](OC)C[C@@H](C)C/C(C)=C/[C@H]1CC)[C@@H](OC)C[C@H]2C. The van der Waals surface area contributed by atoms with Crippen LogP contribution in [0.2, 0.25) is 0 Å². The predicted molar refractivity (Wildman–Crippen MR) is 229 cm³/mol. The first kappa shape index (κ1) is 51.6. The van der Waals surface area contributed by atoms with Crippen molar-refractivity contribution in [1.29, 1.82) is 0 Å². The van der Waals surface area contributed by atoms with Crippen molar-refractivity contribution in [3.8, 4) is 0 Å². The minimum atomic E-state index is -2.49. The third-order valence-electron chi connectivity index (χ3n) is 13.2. The molecule has 14 atom stereocenters. The van der Waals surface area contributed by atoms with Gasteiger partial charge in [-0.15, -0.1) is 0 Å².